The number of carboxylic acid groups (broad SMARTS) is 1. The lowest BCUT2D eigenvalue weighted by Crippen LogP contribution is -2.66. The molecule has 0 aromatic heterocycles. The van der Waals surface area contributed by atoms with Crippen LogP contribution < -0.4 is 0 Å². The van der Waals surface area contributed by atoms with Crippen LogP contribution in [0.25, 0.3) is 0 Å². The summed E-state index contributed by atoms with van der Waals surface area (Å²) in [6, 6.07) is 0. The first-order chi connectivity index (χ1) is 10.3. The Bertz CT molecular complexity index is 434. The van der Waals surface area contributed by atoms with Crippen molar-refractivity contribution in [3.63, 3.8) is 0 Å². The van der Waals surface area contributed by atoms with Gasteiger partial charge in [-0.05, 0) is 55.3 Å². The molecule has 4 fully saturated rings. The highest BCUT2D eigenvalue weighted by Crippen LogP contribution is 2.67. The first kappa shape index (κ1) is 16.1. The lowest BCUT2D eigenvalue weighted by molar-refractivity contribution is -0.154. The first-order valence-corrected chi connectivity index (χ1v) is 8.49. The van der Waals surface area contributed by atoms with Crippen LogP contribution in [0.2, 0.25) is 0 Å². The van der Waals surface area contributed by atoms with Gasteiger partial charge in [0, 0.05) is 12.1 Å². The summed E-state index contributed by atoms with van der Waals surface area (Å²) in [5.41, 5.74) is 0.402. The third-order valence-corrected chi connectivity index (χ3v) is 6.10. The molecule has 22 heavy (non-hydrogen) atoms. The Morgan fingerprint density at radius 2 is 1.77 bits per heavy atom. The number of amides is 1. The Balaban J connectivity index is 1.79. The van der Waals surface area contributed by atoms with Crippen molar-refractivity contribution in [3.05, 3.63) is 0 Å². The minimum absolute atomic E-state index is 0.0174. The average Bonchev–Trinajstić information content (AvgIpc) is 2.33. The Morgan fingerprint density at radius 1 is 1.14 bits per heavy atom. The standard InChI is InChI=1S/C17H29NO4/c1-15-7-13-8-16(2,10-15)12-17(9-13,11-15)18(14(20)21)3-5-22-6-4-19/h13,19H,3-12H2,1-2H3,(H,20,21)/t13?,15-,16+,17?. The van der Waals surface area contributed by atoms with Gasteiger partial charge >= 0.3 is 6.09 Å². The lowest BCUT2D eigenvalue weighted by Gasteiger charge is -2.67. The van der Waals surface area contributed by atoms with E-state index in [4.69, 9.17) is 9.84 Å². The van der Waals surface area contributed by atoms with Gasteiger partial charge in [-0.15, -0.1) is 0 Å². The zero-order chi connectivity index (χ0) is 16.0. The molecule has 4 atom stereocenters. The molecule has 4 aliphatic carbocycles. The number of nitrogens with zero attached hydrogens (tertiary/aromatic N) is 1. The number of aliphatic hydroxyl groups excluding tert-OH is 1. The van der Waals surface area contributed by atoms with Crippen molar-refractivity contribution in [2.45, 2.75) is 57.9 Å². The van der Waals surface area contributed by atoms with E-state index in [2.05, 4.69) is 13.8 Å². The minimum atomic E-state index is -0.818. The van der Waals surface area contributed by atoms with Crippen LogP contribution in [0.3, 0.4) is 0 Å². The van der Waals surface area contributed by atoms with Crippen LogP contribution in [0.1, 0.15) is 52.4 Å². The van der Waals surface area contributed by atoms with Gasteiger partial charge in [0.1, 0.15) is 0 Å². The van der Waals surface area contributed by atoms with Crippen LogP contribution in [0.4, 0.5) is 4.79 Å². The highest BCUT2D eigenvalue weighted by atomic mass is 16.5. The third-order valence-electron chi connectivity index (χ3n) is 6.10. The van der Waals surface area contributed by atoms with E-state index in [1.165, 1.54) is 19.3 Å². The molecule has 0 saturated heterocycles. The quantitative estimate of drug-likeness (QED) is 0.740. The number of hydrogen-bond acceptors (Lipinski definition) is 3. The zero-order valence-corrected chi connectivity index (χ0v) is 13.8. The molecule has 4 bridgehead atoms. The second-order valence-electron chi connectivity index (χ2n) is 8.62. The lowest BCUT2D eigenvalue weighted by atomic mass is 9.42. The predicted molar refractivity (Wildman–Crippen MR) is 82.8 cm³/mol. The first-order valence-electron chi connectivity index (χ1n) is 8.49. The van der Waals surface area contributed by atoms with Crippen molar-refractivity contribution >= 4 is 6.09 Å². The number of hydrogen-bond donors (Lipinski definition) is 2. The molecule has 5 heteroatoms. The molecule has 4 rings (SSSR count). The fourth-order valence-electron chi connectivity index (χ4n) is 6.55. The summed E-state index contributed by atoms with van der Waals surface area (Å²) in [4.78, 5) is 13.6. The SMILES string of the molecule is C[C@]12CC3CC(N(CCOCCO)C(=O)O)(C1)C[C@@](C)(C3)C2. The van der Waals surface area contributed by atoms with Crippen molar-refractivity contribution in [3.8, 4) is 0 Å². The molecule has 5 nitrogen and oxygen atoms in total. The van der Waals surface area contributed by atoms with Gasteiger partial charge in [-0.2, -0.15) is 0 Å². The highest BCUT2D eigenvalue weighted by Gasteiger charge is 2.62. The molecule has 126 valence electrons. The largest absolute Gasteiger partial charge is 0.465 e. The van der Waals surface area contributed by atoms with E-state index >= 15 is 0 Å². The summed E-state index contributed by atoms with van der Waals surface area (Å²) in [7, 11) is 0. The number of carbonyl (C=O) groups is 1. The average molecular weight is 311 g/mol. The molecule has 2 N–H and O–H groups in total. The van der Waals surface area contributed by atoms with Crippen molar-refractivity contribution < 1.29 is 19.7 Å². The molecule has 4 aliphatic rings. The maximum Gasteiger partial charge on any atom is 0.407 e. The number of ether oxygens (including phenoxy) is 1. The summed E-state index contributed by atoms with van der Waals surface area (Å²) in [5, 5.41) is 18.6. The molecule has 0 spiro atoms. The van der Waals surface area contributed by atoms with Gasteiger partial charge in [0.2, 0.25) is 0 Å². The summed E-state index contributed by atoms with van der Waals surface area (Å²) in [6.45, 7) is 5.75. The fraction of sp³-hybridized carbons (Fsp3) is 0.941. The van der Waals surface area contributed by atoms with Crippen LogP contribution in [0.5, 0.6) is 0 Å². The summed E-state index contributed by atoms with van der Waals surface area (Å²) in [6.07, 6.45) is 5.97. The van der Waals surface area contributed by atoms with Gasteiger partial charge in [-0.1, -0.05) is 13.8 Å². The molecule has 0 heterocycles. The Kier molecular flexibility index (Phi) is 3.92. The predicted octanol–water partition coefficient (Wildman–Crippen LogP) is 2.72. The van der Waals surface area contributed by atoms with Crippen molar-refractivity contribution in [2.75, 3.05) is 26.4 Å². The summed E-state index contributed by atoms with van der Waals surface area (Å²) < 4.78 is 5.32. The maximum atomic E-state index is 11.9. The Morgan fingerprint density at radius 3 is 2.27 bits per heavy atom. The smallest absolute Gasteiger partial charge is 0.407 e. The van der Waals surface area contributed by atoms with E-state index < -0.39 is 6.09 Å². The van der Waals surface area contributed by atoms with Gasteiger partial charge < -0.3 is 19.8 Å². The van der Waals surface area contributed by atoms with Gasteiger partial charge in [-0.3, -0.25) is 0 Å². The van der Waals surface area contributed by atoms with Crippen LogP contribution in [0, 0.1) is 16.7 Å². The van der Waals surface area contributed by atoms with E-state index in [0.717, 1.165) is 19.3 Å². The second-order valence-corrected chi connectivity index (χ2v) is 8.62. The van der Waals surface area contributed by atoms with Crippen LogP contribution in [-0.2, 0) is 4.74 Å². The third kappa shape index (κ3) is 2.73. The monoisotopic (exact) mass is 311 g/mol. The second kappa shape index (κ2) is 5.38. The summed E-state index contributed by atoms with van der Waals surface area (Å²) >= 11 is 0. The van der Waals surface area contributed by atoms with Crippen LogP contribution in [-0.4, -0.2) is 53.1 Å². The molecular weight excluding hydrogens is 282 g/mol. The molecule has 0 radical (unpaired) electrons. The molecule has 4 saturated carbocycles. The fourth-order valence-corrected chi connectivity index (χ4v) is 6.55. The van der Waals surface area contributed by atoms with Crippen molar-refractivity contribution in [1.82, 2.24) is 4.90 Å². The Labute approximate surface area is 132 Å². The van der Waals surface area contributed by atoms with Gasteiger partial charge in [0.05, 0.1) is 19.8 Å². The number of rotatable bonds is 6. The molecule has 2 unspecified atom stereocenters. The maximum absolute atomic E-state index is 11.9. The zero-order valence-electron chi connectivity index (χ0n) is 13.8. The summed E-state index contributed by atoms with van der Waals surface area (Å²) in [5.74, 6) is 0.673. The van der Waals surface area contributed by atoms with Gasteiger partial charge in [0.15, 0.2) is 0 Å². The van der Waals surface area contributed by atoms with Crippen molar-refractivity contribution in [1.29, 1.82) is 0 Å². The Hall–Kier alpha value is -0.810. The van der Waals surface area contributed by atoms with E-state index in [0.29, 0.717) is 29.9 Å². The highest BCUT2D eigenvalue weighted by molar-refractivity contribution is 5.66. The molecule has 0 aromatic rings. The van der Waals surface area contributed by atoms with E-state index in [1.807, 2.05) is 0 Å². The minimum Gasteiger partial charge on any atom is -0.465 e. The molecule has 1 amide bonds. The topological polar surface area (TPSA) is 70.0 Å². The number of aliphatic hydroxyl groups is 1. The van der Waals surface area contributed by atoms with E-state index in [1.54, 1.807) is 4.90 Å². The van der Waals surface area contributed by atoms with Crippen molar-refractivity contribution in [2.24, 2.45) is 16.7 Å². The van der Waals surface area contributed by atoms with Crippen LogP contribution >= 0.6 is 0 Å². The molecule has 0 aliphatic heterocycles. The van der Waals surface area contributed by atoms with Crippen LogP contribution in [0.15, 0.2) is 0 Å². The van der Waals surface area contributed by atoms with E-state index in [9.17, 15) is 9.90 Å². The van der Waals surface area contributed by atoms with E-state index in [-0.39, 0.29) is 18.8 Å². The van der Waals surface area contributed by atoms with Gasteiger partial charge in [0.25, 0.3) is 0 Å². The van der Waals surface area contributed by atoms with Gasteiger partial charge in [-0.25, -0.2) is 4.79 Å². The molecule has 0 aromatic carbocycles. The molecular formula is C17H29NO4. The normalized spacial score (nSPS) is 42.6.